The van der Waals surface area contributed by atoms with Crippen molar-refractivity contribution in [2.75, 3.05) is 23.9 Å². The molecule has 0 bridgehead atoms. The highest BCUT2D eigenvalue weighted by molar-refractivity contribution is 7.80. The summed E-state index contributed by atoms with van der Waals surface area (Å²) in [5.74, 6) is 0.106. The molecule has 1 atom stereocenters. The maximum atomic E-state index is 13.1. The topological polar surface area (TPSA) is 61.9 Å². The molecule has 3 rings (SSSR count). The average molecular weight is 430 g/mol. The van der Waals surface area contributed by atoms with Crippen LogP contribution in [0, 0.1) is 0 Å². The van der Waals surface area contributed by atoms with Crippen molar-refractivity contribution in [2.45, 2.75) is 12.5 Å². The monoisotopic (exact) mass is 429 g/mol. The number of carbonyl (C=O) groups is 2. The molecule has 2 aromatic carbocycles. The SMILES string of the molecule is C=CCN1C(=S)N(c2ccc(OC)cc2)C(=O)[C@@H]1CC(=O)Nc1cccc(Cl)c1. The number of ether oxygens (including phenoxy) is 1. The highest BCUT2D eigenvalue weighted by Gasteiger charge is 2.43. The van der Waals surface area contributed by atoms with E-state index in [-0.39, 0.29) is 18.2 Å². The van der Waals surface area contributed by atoms with Crippen LogP contribution < -0.4 is 15.0 Å². The lowest BCUT2D eigenvalue weighted by atomic mass is 10.1. The van der Waals surface area contributed by atoms with Gasteiger partial charge in [0.1, 0.15) is 11.8 Å². The zero-order valence-electron chi connectivity index (χ0n) is 15.8. The van der Waals surface area contributed by atoms with Crippen LogP contribution in [0.3, 0.4) is 0 Å². The summed E-state index contributed by atoms with van der Waals surface area (Å²) in [5, 5.41) is 3.62. The van der Waals surface area contributed by atoms with Crippen molar-refractivity contribution in [3.63, 3.8) is 0 Å². The molecular formula is C21H20ClN3O3S. The number of carbonyl (C=O) groups excluding carboxylic acids is 2. The number of rotatable bonds is 7. The second kappa shape index (κ2) is 9.07. The molecule has 1 aliphatic heterocycles. The number of nitrogens with one attached hydrogen (secondary N) is 1. The van der Waals surface area contributed by atoms with Gasteiger partial charge in [-0.15, -0.1) is 6.58 Å². The normalized spacial score (nSPS) is 16.1. The molecule has 1 N–H and O–H groups in total. The number of benzene rings is 2. The van der Waals surface area contributed by atoms with E-state index in [4.69, 9.17) is 28.6 Å². The molecule has 1 fully saturated rings. The summed E-state index contributed by atoms with van der Waals surface area (Å²) in [6, 6.07) is 13.1. The highest BCUT2D eigenvalue weighted by atomic mass is 35.5. The molecule has 150 valence electrons. The van der Waals surface area contributed by atoms with Crippen LogP contribution >= 0.6 is 23.8 Å². The predicted molar refractivity (Wildman–Crippen MR) is 118 cm³/mol. The maximum Gasteiger partial charge on any atom is 0.256 e. The van der Waals surface area contributed by atoms with Crippen molar-refractivity contribution in [3.8, 4) is 5.75 Å². The molecule has 2 amide bonds. The summed E-state index contributed by atoms with van der Waals surface area (Å²) >= 11 is 11.5. The van der Waals surface area contributed by atoms with Crippen molar-refractivity contribution in [1.29, 1.82) is 0 Å². The molecule has 6 nitrogen and oxygen atoms in total. The van der Waals surface area contributed by atoms with Crippen LogP contribution in [-0.2, 0) is 9.59 Å². The molecule has 0 unspecified atom stereocenters. The molecule has 0 spiro atoms. The Balaban J connectivity index is 1.80. The van der Waals surface area contributed by atoms with Crippen LogP contribution in [0.25, 0.3) is 0 Å². The van der Waals surface area contributed by atoms with Crippen molar-refractivity contribution in [2.24, 2.45) is 0 Å². The van der Waals surface area contributed by atoms with E-state index in [9.17, 15) is 9.59 Å². The predicted octanol–water partition coefficient (Wildman–Crippen LogP) is 3.87. The summed E-state index contributed by atoms with van der Waals surface area (Å²) in [6.45, 7) is 4.09. The van der Waals surface area contributed by atoms with Gasteiger partial charge in [0.15, 0.2) is 5.11 Å². The van der Waals surface area contributed by atoms with E-state index in [1.807, 2.05) is 0 Å². The molecule has 2 aromatic rings. The standard InChI is InChI=1S/C21H20ClN3O3S/c1-3-11-24-18(13-19(26)23-15-6-4-5-14(22)12-15)20(27)25(21(24)29)16-7-9-17(28-2)10-8-16/h3-10,12,18H,1,11,13H2,2H3,(H,23,26)/t18-/m0/s1. The van der Waals surface area contributed by atoms with Crippen molar-refractivity contribution >= 4 is 52.1 Å². The number of anilines is 2. The number of thiocarbonyl (C=S) groups is 1. The fourth-order valence-electron chi connectivity index (χ4n) is 3.10. The van der Waals surface area contributed by atoms with E-state index in [1.54, 1.807) is 66.6 Å². The molecule has 0 radical (unpaired) electrons. The van der Waals surface area contributed by atoms with E-state index in [2.05, 4.69) is 11.9 Å². The molecule has 1 heterocycles. The van der Waals surface area contributed by atoms with Crippen LogP contribution in [0.5, 0.6) is 5.75 Å². The Bertz CT molecular complexity index is 948. The second-order valence-corrected chi connectivity index (χ2v) is 7.18. The lowest BCUT2D eigenvalue weighted by molar-refractivity contribution is -0.124. The van der Waals surface area contributed by atoms with Crippen molar-refractivity contribution in [1.82, 2.24) is 4.90 Å². The van der Waals surface area contributed by atoms with E-state index >= 15 is 0 Å². The fourth-order valence-corrected chi connectivity index (χ4v) is 3.69. The zero-order valence-corrected chi connectivity index (χ0v) is 17.4. The van der Waals surface area contributed by atoms with Gasteiger partial charge >= 0.3 is 0 Å². The van der Waals surface area contributed by atoms with Gasteiger partial charge in [-0.3, -0.25) is 14.5 Å². The molecular weight excluding hydrogens is 410 g/mol. The van der Waals surface area contributed by atoms with Crippen molar-refractivity contribution in [3.05, 3.63) is 66.2 Å². The minimum atomic E-state index is -0.721. The first kappa shape index (κ1) is 20.8. The van der Waals surface area contributed by atoms with E-state index in [0.29, 0.717) is 33.8 Å². The van der Waals surface area contributed by atoms with Gasteiger partial charge in [0.05, 0.1) is 19.2 Å². The smallest absolute Gasteiger partial charge is 0.256 e. The lowest BCUT2D eigenvalue weighted by Gasteiger charge is -2.22. The minimum absolute atomic E-state index is 0.0496. The molecule has 1 saturated heterocycles. The summed E-state index contributed by atoms with van der Waals surface area (Å²) in [5.41, 5.74) is 1.19. The number of hydrogen-bond acceptors (Lipinski definition) is 4. The maximum absolute atomic E-state index is 13.1. The zero-order chi connectivity index (χ0) is 21.0. The van der Waals surface area contributed by atoms with Crippen LogP contribution in [0.4, 0.5) is 11.4 Å². The Morgan fingerprint density at radius 3 is 2.66 bits per heavy atom. The Hall–Kier alpha value is -2.90. The third kappa shape index (κ3) is 4.58. The second-order valence-electron chi connectivity index (χ2n) is 6.37. The Morgan fingerprint density at radius 2 is 2.03 bits per heavy atom. The molecule has 0 aliphatic carbocycles. The molecule has 29 heavy (non-hydrogen) atoms. The van der Waals surface area contributed by atoms with Crippen LogP contribution in [-0.4, -0.2) is 41.5 Å². The average Bonchev–Trinajstić information content (AvgIpc) is 2.92. The summed E-state index contributed by atoms with van der Waals surface area (Å²) in [4.78, 5) is 28.8. The molecule has 0 saturated carbocycles. The Labute approximate surface area is 179 Å². The third-order valence-corrected chi connectivity index (χ3v) is 5.11. The Morgan fingerprint density at radius 1 is 1.31 bits per heavy atom. The number of amides is 2. The molecule has 8 heteroatoms. The van der Waals surface area contributed by atoms with Crippen LogP contribution in [0.15, 0.2) is 61.2 Å². The Kier molecular flexibility index (Phi) is 6.51. The summed E-state index contributed by atoms with van der Waals surface area (Å²) in [7, 11) is 1.57. The largest absolute Gasteiger partial charge is 0.497 e. The van der Waals surface area contributed by atoms with Gasteiger partial charge in [-0.1, -0.05) is 23.7 Å². The van der Waals surface area contributed by atoms with Gasteiger partial charge in [-0.05, 0) is 54.7 Å². The van der Waals surface area contributed by atoms with Gasteiger partial charge in [-0.25, -0.2) is 0 Å². The summed E-state index contributed by atoms with van der Waals surface area (Å²) < 4.78 is 5.16. The van der Waals surface area contributed by atoms with Gasteiger partial charge in [-0.2, -0.15) is 0 Å². The van der Waals surface area contributed by atoms with E-state index in [0.717, 1.165) is 0 Å². The van der Waals surface area contributed by atoms with Gasteiger partial charge in [0.2, 0.25) is 5.91 Å². The third-order valence-electron chi connectivity index (χ3n) is 4.46. The lowest BCUT2D eigenvalue weighted by Crippen LogP contribution is -2.37. The first-order valence-electron chi connectivity index (χ1n) is 8.89. The van der Waals surface area contributed by atoms with E-state index < -0.39 is 6.04 Å². The first-order valence-corrected chi connectivity index (χ1v) is 9.68. The van der Waals surface area contributed by atoms with Crippen LogP contribution in [0.1, 0.15) is 6.42 Å². The van der Waals surface area contributed by atoms with Crippen molar-refractivity contribution < 1.29 is 14.3 Å². The van der Waals surface area contributed by atoms with Gasteiger partial charge in [0.25, 0.3) is 5.91 Å². The first-order chi connectivity index (χ1) is 13.9. The number of methoxy groups -OCH3 is 1. The molecule has 1 aliphatic rings. The number of halogens is 1. The summed E-state index contributed by atoms with van der Waals surface area (Å²) in [6.07, 6.45) is 1.60. The fraction of sp³-hybridized carbons (Fsp3) is 0.190. The van der Waals surface area contributed by atoms with Crippen LogP contribution in [0.2, 0.25) is 5.02 Å². The van der Waals surface area contributed by atoms with Gasteiger partial charge in [0, 0.05) is 17.3 Å². The quantitative estimate of drug-likeness (QED) is 0.534. The molecule has 0 aromatic heterocycles. The highest BCUT2D eigenvalue weighted by Crippen LogP contribution is 2.29. The minimum Gasteiger partial charge on any atom is -0.497 e. The van der Waals surface area contributed by atoms with Gasteiger partial charge < -0.3 is 15.0 Å². The van der Waals surface area contributed by atoms with E-state index in [1.165, 1.54) is 4.90 Å². The number of hydrogen-bond donors (Lipinski definition) is 1. The number of nitrogens with zero attached hydrogens (tertiary/aromatic N) is 2.